The molecule has 1 N–H and O–H groups in total. The molecule has 10 heteroatoms. The third-order valence-electron chi connectivity index (χ3n) is 4.18. The third-order valence-corrected chi connectivity index (χ3v) is 4.73. The molecule has 0 saturated carbocycles. The fourth-order valence-corrected chi connectivity index (χ4v) is 3.41. The Morgan fingerprint density at radius 1 is 1.17 bits per heavy atom. The molecule has 0 radical (unpaired) electrons. The van der Waals surface area contributed by atoms with Gasteiger partial charge in [-0.3, -0.25) is 4.79 Å². The van der Waals surface area contributed by atoms with E-state index in [2.05, 4.69) is 24.1 Å². The van der Waals surface area contributed by atoms with Crippen LogP contribution in [0.15, 0.2) is 48.8 Å². The molecule has 0 bridgehead atoms. The summed E-state index contributed by atoms with van der Waals surface area (Å²) in [5.41, 5.74) is 2.78. The lowest BCUT2D eigenvalue weighted by Gasteiger charge is -2.08. The van der Waals surface area contributed by atoms with Crippen LogP contribution in [0.1, 0.15) is 23.0 Å². The largest absolute Gasteiger partial charge is 0.452 e. The first-order valence-corrected chi connectivity index (χ1v) is 9.57. The number of carbonyl (C=O) groups excluding carboxylic acids is 2. The van der Waals surface area contributed by atoms with Gasteiger partial charge in [-0.05, 0) is 30.7 Å². The lowest BCUT2D eigenvalue weighted by atomic mass is 10.2. The van der Waals surface area contributed by atoms with Gasteiger partial charge >= 0.3 is 5.97 Å². The van der Waals surface area contributed by atoms with Gasteiger partial charge in [0.2, 0.25) is 0 Å². The van der Waals surface area contributed by atoms with E-state index in [9.17, 15) is 9.59 Å². The number of fused-ring (bicyclic) bond motifs is 1. The Morgan fingerprint density at radius 2 is 2.07 bits per heavy atom. The summed E-state index contributed by atoms with van der Waals surface area (Å²) in [5.74, 6) is -0.479. The van der Waals surface area contributed by atoms with Crippen molar-refractivity contribution in [2.75, 3.05) is 11.9 Å². The minimum Gasteiger partial charge on any atom is -0.452 e. The predicted octanol–water partition coefficient (Wildman–Crippen LogP) is 2.63. The van der Waals surface area contributed by atoms with E-state index in [1.807, 2.05) is 13.0 Å². The van der Waals surface area contributed by atoms with Crippen LogP contribution in [0.5, 0.6) is 0 Å². The molecule has 4 rings (SSSR count). The molecule has 1 aromatic carbocycles. The molecule has 1 amide bonds. The van der Waals surface area contributed by atoms with E-state index in [0.717, 1.165) is 11.7 Å². The van der Waals surface area contributed by atoms with Gasteiger partial charge in [0.15, 0.2) is 12.4 Å². The molecule has 0 fully saturated rings. The van der Waals surface area contributed by atoms with Crippen molar-refractivity contribution in [1.29, 1.82) is 0 Å². The number of carbonyl (C=O) groups is 2. The molecule has 0 unspecified atom stereocenters. The number of pyridine rings is 1. The number of amides is 1. The molecular weight excluding hydrogens is 392 g/mol. The topological polar surface area (TPSA) is 112 Å². The molecule has 3 heterocycles. The van der Waals surface area contributed by atoms with Crippen LogP contribution in [0.4, 0.5) is 5.69 Å². The van der Waals surface area contributed by atoms with Gasteiger partial charge in [0.1, 0.15) is 16.6 Å². The summed E-state index contributed by atoms with van der Waals surface area (Å²) in [6.45, 7) is 1.48. The number of ether oxygens (including phenoxy) is 1. The van der Waals surface area contributed by atoms with Crippen LogP contribution in [0.25, 0.3) is 16.9 Å². The second-order valence-electron chi connectivity index (χ2n) is 6.02. The zero-order chi connectivity index (χ0) is 20.2. The quantitative estimate of drug-likeness (QED) is 0.488. The van der Waals surface area contributed by atoms with E-state index in [0.29, 0.717) is 40.2 Å². The Kier molecular flexibility index (Phi) is 5.25. The average Bonchev–Trinajstić information content (AvgIpc) is 3.40. The summed E-state index contributed by atoms with van der Waals surface area (Å²) in [4.78, 5) is 29.0. The molecule has 0 saturated heterocycles. The van der Waals surface area contributed by atoms with Crippen molar-refractivity contribution >= 4 is 40.3 Å². The van der Waals surface area contributed by atoms with Crippen molar-refractivity contribution in [3.63, 3.8) is 0 Å². The first-order chi connectivity index (χ1) is 14.2. The van der Waals surface area contributed by atoms with Crippen molar-refractivity contribution in [1.82, 2.24) is 23.5 Å². The van der Waals surface area contributed by atoms with Crippen LogP contribution < -0.4 is 5.32 Å². The Labute approximate surface area is 169 Å². The van der Waals surface area contributed by atoms with Crippen molar-refractivity contribution in [3.8, 4) is 5.82 Å². The van der Waals surface area contributed by atoms with Crippen molar-refractivity contribution in [2.45, 2.75) is 13.3 Å². The molecule has 0 aliphatic carbocycles. The van der Waals surface area contributed by atoms with E-state index in [1.165, 1.54) is 6.20 Å². The minimum absolute atomic E-state index is 0.303. The highest BCUT2D eigenvalue weighted by atomic mass is 32.1. The monoisotopic (exact) mass is 408 g/mol. The maximum atomic E-state index is 12.5. The van der Waals surface area contributed by atoms with E-state index >= 15 is 0 Å². The van der Waals surface area contributed by atoms with Gasteiger partial charge in [-0.2, -0.15) is 13.8 Å². The van der Waals surface area contributed by atoms with Gasteiger partial charge in [0.05, 0.1) is 29.3 Å². The summed E-state index contributed by atoms with van der Waals surface area (Å²) >= 11 is 1.06. The maximum absolute atomic E-state index is 12.5. The molecule has 29 heavy (non-hydrogen) atoms. The lowest BCUT2D eigenvalue weighted by molar-refractivity contribution is -0.119. The van der Waals surface area contributed by atoms with Crippen molar-refractivity contribution in [2.24, 2.45) is 0 Å². The number of benzene rings is 1. The molecule has 0 aliphatic heterocycles. The van der Waals surface area contributed by atoms with E-state index in [-0.39, 0.29) is 0 Å². The van der Waals surface area contributed by atoms with Crippen LogP contribution in [0, 0.1) is 0 Å². The summed E-state index contributed by atoms with van der Waals surface area (Å²) in [6, 6.07) is 10.7. The number of anilines is 1. The van der Waals surface area contributed by atoms with Gasteiger partial charge in [-0.15, -0.1) is 0 Å². The van der Waals surface area contributed by atoms with Gasteiger partial charge in [-0.25, -0.2) is 14.5 Å². The normalized spacial score (nSPS) is 10.8. The first kappa shape index (κ1) is 18.7. The second kappa shape index (κ2) is 8.15. The number of rotatable bonds is 6. The van der Waals surface area contributed by atoms with Crippen LogP contribution in [-0.4, -0.2) is 42.0 Å². The molecule has 3 aromatic heterocycles. The third kappa shape index (κ3) is 3.83. The van der Waals surface area contributed by atoms with Crippen molar-refractivity contribution < 1.29 is 14.3 Å². The summed E-state index contributed by atoms with van der Waals surface area (Å²) < 4.78 is 15.1. The Balaban J connectivity index is 1.44. The SMILES string of the molecule is CCc1c(C(=O)OCC(=O)Nc2cccc3nsnc23)cnn1-c1ccccn1. The molecule has 0 aliphatic rings. The van der Waals surface area contributed by atoms with E-state index in [4.69, 9.17) is 4.74 Å². The fraction of sp³-hybridized carbons (Fsp3) is 0.158. The molecule has 146 valence electrons. The number of nitrogens with one attached hydrogen (secondary N) is 1. The Hall–Kier alpha value is -3.66. The van der Waals surface area contributed by atoms with Gasteiger partial charge in [0, 0.05) is 6.20 Å². The molecule has 0 atom stereocenters. The summed E-state index contributed by atoms with van der Waals surface area (Å²) in [5, 5.41) is 6.93. The zero-order valence-electron chi connectivity index (χ0n) is 15.4. The number of nitrogens with zero attached hydrogens (tertiary/aromatic N) is 5. The Morgan fingerprint density at radius 3 is 2.86 bits per heavy atom. The highest BCUT2D eigenvalue weighted by Gasteiger charge is 2.20. The van der Waals surface area contributed by atoms with Gasteiger partial charge in [-0.1, -0.05) is 19.1 Å². The molecule has 0 spiro atoms. The van der Waals surface area contributed by atoms with Gasteiger partial charge in [0.25, 0.3) is 5.91 Å². The number of hydrogen-bond donors (Lipinski definition) is 1. The van der Waals surface area contributed by atoms with Crippen LogP contribution in [0.2, 0.25) is 0 Å². The average molecular weight is 408 g/mol. The number of aromatic nitrogens is 5. The van der Waals surface area contributed by atoms with Crippen LogP contribution >= 0.6 is 11.7 Å². The molecule has 9 nitrogen and oxygen atoms in total. The Bertz CT molecular complexity index is 1170. The number of hydrogen-bond acceptors (Lipinski definition) is 8. The van der Waals surface area contributed by atoms with E-state index < -0.39 is 18.5 Å². The van der Waals surface area contributed by atoms with Crippen LogP contribution in [-0.2, 0) is 16.0 Å². The van der Waals surface area contributed by atoms with Crippen LogP contribution in [0.3, 0.4) is 0 Å². The molecular formula is C19H16N6O3S. The maximum Gasteiger partial charge on any atom is 0.342 e. The molecule has 4 aromatic rings. The lowest BCUT2D eigenvalue weighted by Crippen LogP contribution is -2.21. The highest BCUT2D eigenvalue weighted by molar-refractivity contribution is 7.00. The fourth-order valence-electron chi connectivity index (χ4n) is 2.86. The minimum atomic E-state index is -0.618. The first-order valence-electron chi connectivity index (χ1n) is 8.84. The highest BCUT2D eigenvalue weighted by Crippen LogP contribution is 2.21. The van der Waals surface area contributed by atoms with Crippen molar-refractivity contribution in [3.05, 3.63) is 60.0 Å². The predicted molar refractivity (Wildman–Crippen MR) is 107 cm³/mol. The van der Waals surface area contributed by atoms with Gasteiger partial charge < -0.3 is 10.1 Å². The summed E-state index contributed by atoms with van der Waals surface area (Å²) in [6.07, 6.45) is 3.62. The van der Waals surface area contributed by atoms with E-state index in [1.54, 1.807) is 41.2 Å². The zero-order valence-corrected chi connectivity index (χ0v) is 16.2. The standard InChI is InChI=1S/C19H16N6O3S/c1-2-15-12(10-21-25(15)16-8-3-4-9-20-16)19(27)28-11-17(26)22-13-6-5-7-14-18(13)24-29-23-14/h3-10H,2,11H2,1H3,(H,22,26). The smallest absolute Gasteiger partial charge is 0.342 e. The number of esters is 1. The second-order valence-corrected chi connectivity index (χ2v) is 6.55. The summed E-state index contributed by atoms with van der Waals surface area (Å²) in [7, 11) is 0.